The first kappa shape index (κ1) is 11.1. The van der Waals surface area contributed by atoms with Crippen LogP contribution in [0.4, 0.5) is 0 Å². The largest absolute Gasteiger partial charge is 0.363 e. The SMILES string of the molecule is C=CCC(=S)N1CCC[C@@H]2CCCC[C@H]21. The van der Waals surface area contributed by atoms with Crippen LogP contribution in [0.3, 0.4) is 0 Å². The van der Waals surface area contributed by atoms with Gasteiger partial charge in [-0.1, -0.05) is 31.1 Å². The summed E-state index contributed by atoms with van der Waals surface area (Å²) in [5.41, 5.74) is 0. The van der Waals surface area contributed by atoms with E-state index >= 15 is 0 Å². The van der Waals surface area contributed by atoms with Crippen molar-refractivity contribution < 1.29 is 0 Å². The van der Waals surface area contributed by atoms with Gasteiger partial charge in [-0.2, -0.15) is 0 Å². The van der Waals surface area contributed by atoms with E-state index in [0.29, 0.717) is 0 Å². The standard InChI is InChI=1S/C13H21NS/c1-2-6-13(15)14-10-5-8-11-7-3-4-9-12(11)14/h2,11-12H,1,3-10H2/t11-,12+/m0/s1. The molecule has 2 fully saturated rings. The number of piperidine rings is 1. The molecule has 0 N–H and O–H groups in total. The Kier molecular flexibility index (Phi) is 3.79. The summed E-state index contributed by atoms with van der Waals surface area (Å²) < 4.78 is 0. The van der Waals surface area contributed by atoms with E-state index in [4.69, 9.17) is 12.2 Å². The van der Waals surface area contributed by atoms with Crippen LogP contribution in [0.15, 0.2) is 12.7 Å². The average molecular weight is 223 g/mol. The monoisotopic (exact) mass is 223 g/mol. The zero-order valence-electron chi connectivity index (χ0n) is 9.45. The molecule has 2 rings (SSSR count). The van der Waals surface area contributed by atoms with Crippen molar-refractivity contribution in [3.63, 3.8) is 0 Å². The summed E-state index contributed by atoms with van der Waals surface area (Å²) in [6.07, 6.45) is 11.2. The Bertz CT molecular complexity index is 247. The highest BCUT2D eigenvalue weighted by atomic mass is 32.1. The Labute approximate surface area is 98.5 Å². The fraction of sp³-hybridized carbons (Fsp3) is 0.769. The van der Waals surface area contributed by atoms with Crippen LogP contribution in [0.25, 0.3) is 0 Å². The second kappa shape index (κ2) is 5.11. The summed E-state index contributed by atoms with van der Waals surface area (Å²) in [7, 11) is 0. The number of hydrogen-bond donors (Lipinski definition) is 0. The predicted octanol–water partition coefficient (Wildman–Crippen LogP) is 3.54. The number of rotatable bonds is 2. The second-order valence-electron chi connectivity index (χ2n) is 4.83. The van der Waals surface area contributed by atoms with Crippen molar-refractivity contribution in [1.29, 1.82) is 0 Å². The number of likely N-dealkylation sites (tertiary alicyclic amines) is 1. The highest BCUT2D eigenvalue weighted by Gasteiger charge is 2.33. The van der Waals surface area contributed by atoms with Crippen molar-refractivity contribution in [2.45, 2.75) is 51.0 Å². The third-order valence-corrected chi connectivity index (χ3v) is 4.28. The molecule has 1 heterocycles. The number of thiocarbonyl (C=S) groups is 1. The Balaban J connectivity index is 2.02. The molecule has 1 saturated heterocycles. The molecule has 0 unspecified atom stereocenters. The van der Waals surface area contributed by atoms with E-state index in [1.54, 1.807) is 0 Å². The van der Waals surface area contributed by atoms with E-state index in [1.807, 2.05) is 6.08 Å². The van der Waals surface area contributed by atoms with Gasteiger partial charge in [-0.3, -0.25) is 0 Å². The topological polar surface area (TPSA) is 3.24 Å². The molecular weight excluding hydrogens is 202 g/mol. The van der Waals surface area contributed by atoms with E-state index < -0.39 is 0 Å². The fourth-order valence-electron chi connectivity index (χ4n) is 3.18. The quantitative estimate of drug-likeness (QED) is 0.520. The number of hydrogen-bond acceptors (Lipinski definition) is 1. The van der Waals surface area contributed by atoms with Crippen LogP contribution in [-0.4, -0.2) is 22.5 Å². The van der Waals surface area contributed by atoms with Crippen LogP contribution in [-0.2, 0) is 0 Å². The molecule has 0 aromatic rings. The van der Waals surface area contributed by atoms with Crippen molar-refractivity contribution in [2.75, 3.05) is 6.54 Å². The van der Waals surface area contributed by atoms with Crippen LogP contribution >= 0.6 is 12.2 Å². The van der Waals surface area contributed by atoms with Crippen molar-refractivity contribution in [3.05, 3.63) is 12.7 Å². The Hall–Kier alpha value is -0.370. The lowest BCUT2D eigenvalue weighted by Crippen LogP contribution is -2.48. The van der Waals surface area contributed by atoms with Gasteiger partial charge >= 0.3 is 0 Å². The number of nitrogens with zero attached hydrogens (tertiary/aromatic N) is 1. The lowest BCUT2D eigenvalue weighted by atomic mass is 9.78. The van der Waals surface area contributed by atoms with Gasteiger partial charge in [0.1, 0.15) is 0 Å². The van der Waals surface area contributed by atoms with Gasteiger partial charge in [0.15, 0.2) is 0 Å². The molecule has 0 bridgehead atoms. The summed E-state index contributed by atoms with van der Waals surface area (Å²) in [5.74, 6) is 0.926. The highest BCUT2D eigenvalue weighted by Crippen LogP contribution is 2.35. The molecule has 0 aromatic heterocycles. The van der Waals surface area contributed by atoms with Gasteiger partial charge in [-0.05, 0) is 31.6 Å². The molecule has 84 valence electrons. The van der Waals surface area contributed by atoms with Gasteiger partial charge < -0.3 is 4.90 Å². The molecule has 0 radical (unpaired) electrons. The fourth-order valence-corrected chi connectivity index (χ4v) is 3.52. The molecule has 1 aliphatic carbocycles. The van der Waals surface area contributed by atoms with Crippen LogP contribution in [0, 0.1) is 5.92 Å². The molecule has 15 heavy (non-hydrogen) atoms. The summed E-state index contributed by atoms with van der Waals surface area (Å²) in [4.78, 5) is 3.63. The molecular formula is C13H21NS. The summed E-state index contributed by atoms with van der Waals surface area (Å²) in [6, 6.07) is 0.764. The van der Waals surface area contributed by atoms with Crippen molar-refractivity contribution in [2.24, 2.45) is 5.92 Å². The third-order valence-electron chi connectivity index (χ3n) is 3.88. The summed E-state index contributed by atoms with van der Waals surface area (Å²) >= 11 is 5.50. The van der Waals surface area contributed by atoms with Crippen molar-refractivity contribution in [3.8, 4) is 0 Å². The molecule has 2 aliphatic rings. The van der Waals surface area contributed by atoms with E-state index in [1.165, 1.54) is 45.1 Å². The van der Waals surface area contributed by atoms with Gasteiger partial charge in [0.2, 0.25) is 0 Å². The Morgan fingerprint density at radius 2 is 2.00 bits per heavy atom. The van der Waals surface area contributed by atoms with E-state index in [9.17, 15) is 0 Å². The summed E-state index contributed by atoms with van der Waals surface area (Å²) in [5, 5.41) is 0. The molecule has 2 heteroatoms. The maximum Gasteiger partial charge on any atom is 0.0819 e. The van der Waals surface area contributed by atoms with E-state index in [2.05, 4.69) is 11.5 Å². The maximum absolute atomic E-state index is 5.50. The zero-order valence-corrected chi connectivity index (χ0v) is 10.3. The smallest absolute Gasteiger partial charge is 0.0819 e. The molecule has 1 saturated carbocycles. The van der Waals surface area contributed by atoms with Crippen molar-refractivity contribution in [1.82, 2.24) is 4.90 Å². The third kappa shape index (κ3) is 2.41. The minimum Gasteiger partial charge on any atom is -0.363 e. The Morgan fingerprint density at radius 1 is 1.27 bits per heavy atom. The van der Waals surface area contributed by atoms with Crippen LogP contribution in [0.5, 0.6) is 0 Å². The normalized spacial score (nSPS) is 30.8. The van der Waals surface area contributed by atoms with Gasteiger partial charge in [-0.25, -0.2) is 0 Å². The lowest BCUT2D eigenvalue weighted by Gasteiger charge is -2.45. The molecule has 1 aliphatic heterocycles. The van der Waals surface area contributed by atoms with E-state index in [-0.39, 0.29) is 0 Å². The maximum atomic E-state index is 5.50. The minimum absolute atomic E-state index is 0.764. The van der Waals surface area contributed by atoms with Crippen LogP contribution in [0.1, 0.15) is 44.9 Å². The molecule has 1 nitrogen and oxygen atoms in total. The number of fused-ring (bicyclic) bond motifs is 1. The average Bonchev–Trinajstić information content (AvgIpc) is 2.28. The molecule has 0 spiro atoms. The molecule has 0 amide bonds. The van der Waals surface area contributed by atoms with Gasteiger partial charge in [0, 0.05) is 19.0 Å². The van der Waals surface area contributed by atoms with Crippen LogP contribution < -0.4 is 0 Å². The first-order valence-electron chi connectivity index (χ1n) is 6.23. The minimum atomic E-state index is 0.764. The predicted molar refractivity (Wildman–Crippen MR) is 69.1 cm³/mol. The lowest BCUT2D eigenvalue weighted by molar-refractivity contribution is 0.120. The first-order chi connectivity index (χ1) is 7.33. The van der Waals surface area contributed by atoms with E-state index in [0.717, 1.165) is 23.4 Å². The summed E-state index contributed by atoms with van der Waals surface area (Å²) in [6.45, 7) is 4.97. The zero-order chi connectivity index (χ0) is 10.7. The molecule has 0 aromatic carbocycles. The van der Waals surface area contributed by atoms with Gasteiger partial charge in [-0.15, -0.1) is 6.58 Å². The van der Waals surface area contributed by atoms with Crippen LogP contribution in [0.2, 0.25) is 0 Å². The van der Waals surface area contributed by atoms with Gasteiger partial charge in [0.25, 0.3) is 0 Å². The highest BCUT2D eigenvalue weighted by molar-refractivity contribution is 7.80. The van der Waals surface area contributed by atoms with Crippen molar-refractivity contribution >= 4 is 17.2 Å². The second-order valence-corrected chi connectivity index (χ2v) is 5.31. The first-order valence-corrected chi connectivity index (χ1v) is 6.64. The Morgan fingerprint density at radius 3 is 2.80 bits per heavy atom. The van der Waals surface area contributed by atoms with Gasteiger partial charge in [0.05, 0.1) is 4.99 Å². The molecule has 2 atom stereocenters.